The van der Waals surface area contributed by atoms with E-state index in [4.69, 9.17) is 14.7 Å². The summed E-state index contributed by atoms with van der Waals surface area (Å²) in [5.74, 6) is 2.90. The number of aryl methyl sites for hydroxylation is 2. The van der Waals surface area contributed by atoms with Gasteiger partial charge in [0.05, 0.1) is 5.69 Å². The first-order chi connectivity index (χ1) is 25.7. The molecule has 1 aliphatic rings. The fraction of sp³-hybridized carbons (Fsp3) is 0.128. The van der Waals surface area contributed by atoms with Crippen molar-refractivity contribution in [1.82, 2.24) is 14.5 Å². The average Bonchev–Trinajstić information content (AvgIpc) is 3.71. The minimum absolute atomic E-state index is 0. The van der Waals surface area contributed by atoms with Crippen LogP contribution in [0.1, 0.15) is 37.5 Å². The Hall–Kier alpha value is -5.71. The zero-order valence-corrected chi connectivity index (χ0v) is 33.0. The molecule has 0 saturated carbocycles. The van der Waals surface area contributed by atoms with E-state index in [9.17, 15) is 0 Å². The molecule has 3 aromatic heterocycles. The summed E-state index contributed by atoms with van der Waals surface area (Å²) in [4.78, 5) is 14.0. The first-order valence-electron chi connectivity index (χ1n) is 17.9. The second-order valence-corrected chi connectivity index (χ2v) is 14.6. The van der Waals surface area contributed by atoms with Crippen LogP contribution in [0.5, 0.6) is 11.5 Å². The number of anilines is 4. The summed E-state index contributed by atoms with van der Waals surface area (Å²) in [6, 6.07) is 48.9. The summed E-state index contributed by atoms with van der Waals surface area (Å²) >= 11 is 0. The second-order valence-electron chi connectivity index (χ2n) is 14.6. The van der Waals surface area contributed by atoms with Crippen LogP contribution in [-0.4, -0.2) is 14.5 Å². The minimum atomic E-state index is -0.0136. The SMILES string of the molecule is Cc1cc(-c2ccccc2)cc(C)c1N1[CH-]N(c2[c-]c(Oc3[c-]c4c(cc3)c3ccccc3n4-c3cc(C(C)(C)C)ccn3)ccc2)c2cccnc21.[Pt]. The van der Waals surface area contributed by atoms with Gasteiger partial charge in [0.25, 0.3) is 0 Å². The van der Waals surface area contributed by atoms with E-state index in [0.29, 0.717) is 11.5 Å². The summed E-state index contributed by atoms with van der Waals surface area (Å²) in [7, 11) is 0. The molecule has 0 bridgehead atoms. The van der Waals surface area contributed by atoms with E-state index in [-0.39, 0.29) is 26.5 Å². The van der Waals surface area contributed by atoms with Gasteiger partial charge >= 0.3 is 0 Å². The third kappa shape index (κ3) is 6.25. The molecule has 54 heavy (non-hydrogen) atoms. The van der Waals surface area contributed by atoms with Crippen LogP contribution in [0.3, 0.4) is 0 Å². The topological polar surface area (TPSA) is 46.4 Å². The number of benzene rings is 5. The molecule has 1 aliphatic heterocycles. The summed E-state index contributed by atoms with van der Waals surface area (Å²) < 4.78 is 8.71. The van der Waals surface area contributed by atoms with Crippen molar-refractivity contribution in [3.63, 3.8) is 0 Å². The van der Waals surface area contributed by atoms with Crippen molar-refractivity contribution in [3.05, 3.63) is 169 Å². The Labute approximate surface area is 331 Å². The first kappa shape index (κ1) is 35.3. The van der Waals surface area contributed by atoms with E-state index in [0.717, 1.165) is 50.5 Å². The minimum Gasteiger partial charge on any atom is -0.509 e. The number of pyridine rings is 2. The van der Waals surface area contributed by atoms with Crippen molar-refractivity contribution in [2.24, 2.45) is 0 Å². The molecule has 0 fully saturated rings. The van der Waals surface area contributed by atoms with Gasteiger partial charge in [0, 0.05) is 56.2 Å². The van der Waals surface area contributed by atoms with Gasteiger partial charge in [0.15, 0.2) is 0 Å². The first-order valence-corrected chi connectivity index (χ1v) is 17.9. The van der Waals surface area contributed by atoms with E-state index in [1.807, 2.05) is 48.8 Å². The van der Waals surface area contributed by atoms with E-state index in [2.05, 4.69) is 153 Å². The van der Waals surface area contributed by atoms with Crippen LogP contribution in [0.25, 0.3) is 38.8 Å². The standard InChI is InChI=1S/C47H38N5O.Pt/c1-31-25-34(33-13-7-6-8-14-33)26-32(2)45(31)51-30-50(42-19-12-23-49-46(42)51)36-15-11-16-37(28-36)53-38-20-21-40-39-17-9-10-18-41(39)52(43(40)29-38)44-27-35(22-24-48-44)47(3,4)5;/h6-27,30H,1-5H3;/q-3;. The smallest absolute Gasteiger partial charge is 0.135 e. The predicted molar refractivity (Wildman–Crippen MR) is 216 cm³/mol. The Morgan fingerprint density at radius 3 is 2.20 bits per heavy atom. The number of aromatic nitrogens is 3. The quantitative estimate of drug-likeness (QED) is 0.156. The molecule has 0 amide bonds. The number of hydrogen-bond acceptors (Lipinski definition) is 5. The molecule has 0 aliphatic carbocycles. The maximum absolute atomic E-state index is 6.53. The molecule has 5 aromatic carbocycles. The molecular formula is C47H38N5OPt-3. The van der Waals surface area contributed by atoms with Crippen molar-refractivity contribution in [2.45, 2.75) is 40.0 Å². The zero-order chi connectivity index (χ0) is 36.3. The van der Waals surface area contributed by atoms with Crippen LogP contribution < -0.4 is 14.5 Å². The maximum atomic E-state index is 6.53. The van der Waals surface area contributed by atoms with Gasteiger partial charge in [-0.15, -0.1) is 48.1 Å². The predicted octanol–water partition coefficient (Wildman–Crippen LogP) is 12.0. The van der Waals surface area contributed by atoms with Crippen LogP contribution in [0, 0.1) is 32.6 Å². The van der Waals surface area contributed by atoms with Crippen molar-refractivity contribution >= 4 is 44.7 Å². The van der Waals surface area contributed by atoms with Gasteiger partial charge in [-0.25, -0.2) is 9.97 Å². The second kappa shape index (κ2) is 13.9. The summed E-state index contributed by atoms with van der Waals surface area (Å²) in [6.45, 7) is 13.1. The van der Waals surface area contributed by atoms with E-state index >= 15 is 0 Å². The van der Waals surface area contributed by atoms with Crippen LogP contribution in [0.15, 0.2) is 134 Å². The molecule has 9 rings (SSSR count). The third-order valence-electron chi connectivity index (χ3n) is 9.95. The summed E-state index contributed by atoms with van der Waals surface area (Å²) in [6.07, 6.45) is 3.74. The van der Waals surface area contributed by atoms with Gasteiger partial charge < -0.3 is 19.1 Å². The van der Waals surface area contributed by atoms with E-state index < -0.39 is 0 Å². The van der Waals surface area contributed by atoms with Gasteiger partial charge in [0.2, 0.25) is 0 Å². The van der Waals surface area contributed by atoms with Crippen molar-refractivity contribution < 1.29 is 25.8 Å². The fourth-order valence-electron chi connectivity index (χ4n) is 7.42. The molecule has 4 heterocycles. The monoisotopic (exact) mass is 883 g/mol. The van der Waals surface area contributed by atoms with Crippen LogP contribution in [-0.2, 0) is 26.5 Å². The maximum Gasteiger partial charge on any atom is 0.135 e. The molecule has 0 radical (unpaired) electrons. The molecule has 0 N–H and O–H groups in total. The molecule has 6 nitrogen and oxygen atoms in total. The molecule has 0 unspecified atom stereocenters. The Morgan fingerprint density at radius 2 is 1.41 bits per heavy atom. The fourth-order valence-corrected chi connectivity index (χ4v) is 7.42. The molecular weight excluding hydrogens is 846 g/mol. The average molecular weight is 884 g/mol. The van der Waals surface area contributed by atoms with E-state index in [1.165, 1.54) is 27.8 Å². The van der Waals surface area contributed by atoms with Gasteiger partial charge in [-0.2, -0.15) is 12.1 Å². The Kier molecular flexibility index (Phi) is 9.11. The molecule has 270 valence electrons. The van der Waals surface area contributed by atoms with Crippen LogP contribution >= 0.6 is 0 Å². The van der Waals surface area contributed by atoms with Gasteiger partial charge in [-0.1, -0.05) is 74.8 Å². The number of nitrogens with zero attached hydrogens (tertiary/aromatic N) is 5. The Balaban J connectivity index is 0.00000413. The van der Waals surface area contributed by atoms with Gasteiger partial charge in [-0.05, 0) is 94.9 Å². The van der Waals surface area contributed by atoms with Crippen molar-refractivity contribution in [1.29, 1.82) is 0 Å². The molecule has 8 aromatic rings. The largest absolute Gasteiger partial charge is 0.509 e. The molecule has 0 spiro atoms. The van der Waals surface area contributed by atoms with Crippen molar-refractivity contribution in [2.75, 3.05) is 9.80 Å². The van der Waals surface area contributed by atoms with Crippen LogP contribution in [0.4, 0.5) is 22.9 Å². The Morgan fingerprint density at radius 1 is 0.648 bits per heavy atom. The number of para-hydroxylation sites is 1. The normalized spacial score (nSPS) is 12.6. The van der Waals surface area contributed by atoms with Crippen molar-refractivity contribution in [3.8, 4) is 28.4 Å². The van der Waals surface area contributed by atoms with Gasteiger partial charge in [-0.3, -0.25) is 0 Å². The molecule has 0 saturated heterocycles. The molecule has 7 heteroatoms. The third-order valence-corrected chi connectivity index (χ3v) is 9.95. The zero-order valence-electron chi connectivity index (χ0n) is 30.7. The van der Waals surface area contributed by atoms with E-state index in [1.54, 1.807) is 0 Å². The van der Waals surface area contributed by atoms with Crippen LogP contribution in [0.2, 0.25) is 0 Å². The molecule has 0 atom stereocenters. The number of ether oxygens (including phenoxy) is 1. The van der Waals surface area contributed by atoms with Gasteiger partial charge in [0.1, 0.15) is 11.6 Å². The summed E-state index contributed by atoms with van der Waals surface area (Å²) in [5.41, 5.74) is 10.8. The number of rotatable bonds is 6. The summed E-state index contributed by atoms with van der Waals surface area (Å²) in [5, 5.41) is 2.23. The number of fused-ring (bicyclic) bond motifs is 4. The Bertz CT molecular complexity index is 2640. The number of hydrogen-bond donors (Lipinski definition) is 0.